The van der Waals surface area contributed by atoms with Crippen molar-refractivity contribution in [2.24, 2.45) is 0 Å². The van der Waals surface area contributed by atoms with Gasteiger partial charge < -0.3 is 9.47 Å². The lowest BCUT2D eigenvalue weighted by atomic mass is 10.3. The lowest BCUT2D eigenvalue weighted by Crippen LogP contribution is -2.26. The molecule has 2 unspecified atom stereocenters. The van der Waals surface area contributed by atoms with Crippen molar-refractivity contribution in [2.45, 2.75) is 39.9 Å². The van der Waals surface area contributed by atoms with Crippen LogP contribution in [0.25, 0.3) is 0 Å². The molecule has 3 heteroatoms. The van der Waals surface area contributed by atoms with Gasteiger partial charge in [0.2, 0.25) is 0 Å². The van der Waals surface area contributed by atoms with Gasteiger partial charge in [-0.2, -0.15) is 0 Å². The fourth-order valence-corrected chi connectivity index (χ4v) is 0.767. The summed E-state index contributed by atoms with van der Waals surface area (Å²) in [4.78, 5) is 10.8. The molecule has 2 atom stereocenters. The van der Waals surface area contributed by atoms with E-state index in [1.54, 1.807) is 6.92 Å². The molecule has 72 valence electrons. The van der Waals surface area contributed by atoms with Crippen molar-refractivity contribution < 1.29 is 14.3 Å². The topological polar surface area (TPSA) is 35.5 Å². The molecule has 0 aliphatic rings. The van der Waals surface area contributed by atoms with Gasteiger partial charge in [-0.3, -0.25) is 4.79 Å². The van der Waals surface area contributed by atoms with Crippen LogP contribution in [0.15, 0.2) is 0 Å². The Balaban J connectivity index is 3.53. The SMILES string of the molecule is CCOCC(C)OC(C)C(C)=O. The second-order valence-electron chi connectivity index (χ2n) is 2.86. The van der Waals surface area contributed by atoms with Gasteiger partial charge in [-0.25, -0.2) is 0 Å². The zero-order valence-corrected chi connectivity index (χ0v) is 8.29. The molecule has 0 rings (SSSR count). The lowest BCUT2D eigenvalue weighted by Gasteiger charge is -2.16. The van der Waals surface area contributed by atoms with Crippen molar-refractivity contribution in [3.8, 4) is 0 Å². The Kier molecular flexibility index (Phi) is 5.93. The maximum Gasteiger partial charge on any atom is 0.158 e. The van der Waals surface area contributed by atoms with Gasteiger partial charge in [-0.05, 0) is 27.7 Å². The van der Waals surface area contributed by atoms with Crippen molar-refractivity contribution >= 4 is 5.78 Å². The molecule has 0 radical (unpaired) electrons. The Morgan fingerprint density at radius 3 is 2.42 bits per heavy atom. The third-order valence-corrected chi connectivity index (χ3v) is 1.57. The van der Waals surface area contributed by atoms with E-state index in [9.17, 15) is 4.79 Å². The first kappa shape index (κ1) is 11.6. The summed E-state index contributed by atoms with van der Waals surface area (Å²) in [6, 6.07) is 0. The summed E-state index contributed by atoms with van der Waals surface area (Å²) in [7, 11) is 0. The van der Waals surface area contributed by atoms with Gasteiger partial charge in [0.05, 0.1) is 12.7 Å². The highest BCUT2D eigenvalue weighted by molar-refractivity contribution is 5.79. The van der Waals surface area contributed by atoms with Crippen LogP contribution >= 0.6 is 0 Å². The third-order valence-electron chi connectivity index (χ3n) is 1.57. The molecule has 0 saturated heterocycles. The first-order chi connectivity index (χ1) is 5.57. The van der Waals surface area contributed by atoms with Crippen LogP contribution in [0.2, 0.25) is 0 Å². The highest BCUT2D eigenvalue weighted by Gasteiger charge is 2.11. The van der Waals surface area contributed by atoms with Crippen molar-refractivity contribution in [1.29, 1.82) is 0 Å². The molecule has 0 heterocycles. The number of ketones is 1. The summed E-state index contributed by atoms with van der Waals surface area (Å²) in [5.74, 6) is 0.0540. The number of carbonyl (C=O) groups excluding carboxylic acids is 1. The molecule has 0 bridgehead atoms. The van der Waals surface area contributed by atoms with E-state index in [1.807, 2.05) is 13.8 Å². The number of Topliss-reactive ketones (excluding diaryl/α,β-unsaturated/α-hetero) is 1. The summed E-state index contributed by atoms with van der Waals surface area (Å²) < 4.78 is 10.5. The molecule has 0 fully saturated rings. The summed E-state index contributed by atoms with van der Waals surface area (Å²) in [5.41, 5.74) is 0. The second-order valence-corrected chi connectivity index (χ2v) is 2.86. The average Bonchev–Trinajstić information content (AvgIpc) is 2.00. The van der Waals surface area contributed by atoms with Crippen molar-refractivity contribution in [1.82, 2.24) is 0 Å². The minimum absolute atomic E-state index is 0.0103. The molecule has 0 aliphatic carbocycles. The maximum absolute atomic E-state index is 10.8. The second kappa shape index (κ2) is 6.14. The van der Waals surface area contributed by atoms with E-state index in [-0.39, 0.29) is 18.0 Å². The van der Waals surface area contributed by atoms with E-state index in [0.29, 0.717) is 13.2 Å². The fraction of sp³-hybridized carbons (Fsp3) is 0.889. The van der Waals surface area contributed by atoms with Crippen LogP contribution in [0.1, 0.15) is 27.7 Å². The Morgan fingerprint density at radius 1 is 1.42 bits per heavy atom. The molecule has 0 N–H and O–H groups in total. The molecule has 0 saturated carbocycles. The normalized spacial score (nSPS) is 15.7. The molecule has 0 aliphatic heterocycles. The van der Waals surface area contributed by atoms with Gasteiger partial charge in [0.15, 0.2) is 5.78 Å². The molecule has 0 aromatic carbocycles. The Bertz CT molecular complexity index is 134. The molecular weight excluding hydrogens is 156 g/mol. The number of ether oxygens (including phenoxy) is 2. The van der Waals surface area contributed by atoms with Gasteiger partial charge in [0.25, 0.3) is 0 Å². The van der Waals surface area contributed by atoms with Crippen LogP contribution in [-0.4, -0.2) is 31.2 Å². The standard InChI is InChI=1S/C9H18O3/c1-5-11-6-7(2)12-9(4)8(3)10/h7,9H,5-6H2,1-4H3. The number of hydrogen-bond acceptors (Lipinski definition) is 3. The van der Waals surface area contributed by atoms with Gasteiger partial charge in [0.1, 0.15) is 6.10 Å². The van der Waals surface area contributed by atoms with Gasteiger partial charge in [-0.1, -0.05) is 0 Å². The van der Waals surface area contributed by atoms with E-state index in [0.717, 1.165) is 0 Å². The smallest absolute Gasteiger partial charge is 0.158 e. The molecule has 0 amide bonds. The third kappa shape index (κ3) is 5.27. The van der Waals surface area contributed by atoms with Crippen molar-refractivity contribution in [3.63, 3.8) is 0 Å². The predicted octanol–water partition coefficient (Wildman–Crippen LogP) is 1.41. The fourth-order valence-electron chi connectivity index (χ4n) is 0.767. The Labute approximate surface area is 74.0 Å². The highest BCUT2D eigenvalue weighted by Crippen LogP contribution is 1.99. The van der Waals surface area contributed by atoms with E-state index < -0.39 is 0 Å². The van der Waals surface area contributed by atoms with E-state index in [1.165, 1.54) is 6.92 Å². The average molecular weight is 174 g/mol. The summed E-state index contributed by atoms with van der Waals surface area (Å²) in [6.07, 6.45) is -0.329. The quantitative estimate of drug-likeness (QED) is 0.610. The molecule has 3 nitrogen and oxygen atoms in total. The summed E-state index contributed by atoms with van der Waals surface area (Å²) >= 11 is 0. The van der Waals surface area contributed by atoms with Crippen molar-refractivity contribution in [3.05, 3.63) is 0 Å². The first-order valence-electron chi connectivity index (χ1n) is 4.31. The van der Waals surface area contributed by atoms with E-state index in [4.69, 9.17) is 9.47 Å². The van der Waals surface area contributed by atoms with E-state index >= 15 is 0 Å². The van der Waals surface area contributed by atoms with Crippen molar-refractivity contribution in [2.75, 3.05) is 13.2 Å². The van der Waals surface area contributed by atoms with Gasteiger partial charge >= 0.3 is 0 Å². The monoisotopic (exact) mass is 174 g/mol. The van der Waals surface area contributed by atoms with Gasteiger partial charge in [0, 0.05) is 6.61 Å². The number of carbonyl (C=O) groups is 1. The minimum atomic E-state index is -0.319. The van der Waals surface area contributed by atoms with Crippen LogP contribution in [0, 0.1) is 0 Å². The zero-order valence-electron chi connectivity index (χ0n) is 8.29. The lowest BCUT2D eigenvalue weighted by molar-refractivity contribution is -0.132. The van der Waals surface area contributed by atoms with Crippen LogP contribution in [-0.2, 0) is 14.3 Å². The largest absolute Gasteiger partial charge is 0.379 e. The molecular formula is C9H18O3. The van der Waals surface area contributed by atoms with Crippen LogP contribution in [0.3, 0.4) is 0 Å². The zero-order chi connectivity index (χ0) is 9.56. The predicted molar refractivity (Wildman–Crippen MR) is 47.2 cm³/mol. The Morgan fingerprint density at radius 2 is 2.00 bits per heavy atom. The van der Waals surface area contributed by atoms with Crippen LogP contribution in [0.5, 0.6) is 0 Å². The molecule has 0 aromatic rings. The van der Waals surface area contributed by atoms with Crippen LogP contribution < -0.4 is 0 Å². The molecule has 0 spiro atoms. The first-order valence-corrected chi connectivity index (χ1v) is 4.31. The van der Waals surface area contributed by atoms with E-state index in [2.05, 4.69) is 0 Å². The number of rotatable bonds is 6. The minimum Gasteiger partial charge on any atom is -0.379 e. The number of hydrogen-bond donors (Lipinski definition) is 0. The Hall–Kier alpha value is -0.410. The molecule has 0 aromatic heterocycles. The highest BCUT2D eigenvalue weighted by atomic mass is 16.5. The van der Waals surface area contributed by atoms with Gasteiger partial charge in [-0.15, -0.1) is 0 Å². The van der Waals surface area contributed by atoms with Crippen LogP contribution in [0.4, 0.5) is 0 Å². The molecule has 12 heavy (non-hydrogen) atoms. The maximum atomic E-state index is 10.8. The summed E-state index contributed by atoms with van der Waals surface area (Å²) in [6.45, 7) is 8.34. The summed E-state index contributed by atoms with van der Waals surface area (Å²) in [5, 5.41) is 0.